The Kier molecular flexibility index (Phi) is 6.89. The predicted molar refractivity (Wildman–Crippen MR) is 218 cm³/mol. The van der Waals surface area contributed by atoms with Gasteiger partial charge in [-0.1, -0.05) is 158 Å². The van der Waals surface area contributed by atoms with Crippen LogP contribution in [0.5, 0.6) is 0 Å². The van der Waals surface area contributed by atoms with Crippen LogP contribution in [0.2, 0.25) is 0 Å². The van der Waals surface area contributed by atoms with E-state index in [0.29, 0.717) is 0 Å². The minimum atomic E-state index is 1.16. The van der Waals surface area contributed by atoms with Gasteiger partial charge in [-0.3, -0.25) is 0 Å². The van der Waals surface area contributed by atoms with Crippen molar-refractivity contribution < 1.29 is 0 Å². The second-order valence-electron chi connectivity index (χ2n) is 13.4. The van der Waals surface area contributed by atoms with Gasteiger partial charge in [0.15, 0.2) is 0 Å². The third-order valence-electron chi connectivity index (χ3n) is 10.4. The van der Waals surface area contributed by atoms with Crippen molar-refractivity contribution in [2.45, 2.75) is 0 Å². The summed E-state index contributed by atoms with van der Waals surface area (Å²) in [7, 11) is 0. The molecule has 1 nitrogen and oxygen atoms in total. The van der Waals surface area contributed by atoms with Crippen LogP contribution in [-0.2, 0) is 0 Å². The third kappa shape index (κ3) is 5.19. The number of para-hydroxylation sites is 1. The van der Waals surface area contributed by atoms with Crippen LogP contribution in [0.1, 0.15) is 0 Å². The summed E-state index contributed by atoms with van der Waals surface area (Å²) in [4.78, 5) is 0. The second-order valence-corrected chi connectivity index (χ2v) is 13.4. The van der Waals surface area contributed by atoms with E-state index in [9.17, 15) is 0 Å². The molecule has 0 saturated carbocycles. The molecule has 0 aliphatic rings. The molecule has 0 N–H and O–H groups in total. The maximum atomic E-state index is 2.41. The summed E-state index contributed by atoms with van der Waals surface area (Å²) in [5, 5.41) is 7.55. The van der Waals surface area contributed by atoms with E-state index in [0.717, 1.165) is 5.69 Å². The normalized spacial score (nSPS) is 11.5. The summed E-state index contributed by atoms with van der Waals surface area (Å²) >= 11 is 0. The highest BCUT2D eigenvalue weighted by Gasteiger charge is 2.15. The summed E-state index contributed by atoms with van der Waals surface area (Å²) in [6.45, 7) is 0. The standard InChI is InChI=1S/C50H33N/c1-3-9-34(10-4-1)44-25-27-47-48-28-26-45(33-50(48)51(49(47)32-44)46-13-5-2-6-14-46)37-17-15-36(16-18-37)39-21-22-42-31-43(24-23-41(42)30-39)40-20-19-35-11-7-8-12-38(35)29-40/h1-33H. The van der Waals surface area contributed by atoms with Crippen LogP contribution in [0.4, 0.5) is 0 Å². The lowest BCUT2D eigenvalue weighted by atomic mass is 9.95. The Morgan fingerprint density at radius 3 is 1.14 bits per heavy atom. The third-order valence-corrected chi connectivity index (χ3v) is 10.4. The summed E-state index contributed by atoms with van der Waals surface area (Å²) in [5.74, 6) is 0. The van der Waals surface area contributed by atoms with E-state index in [4.69, 9.17) is 0 Å². The molecule has 0 unspecified atom stereocenters. The zero-order valence-electron chi connectivity index (χ0n) is 28.0. The molecule has 0 aliphatic heterocycles. The number of hydrogen-bond donors (Lipinski definition) is 0. The highest BCUT2D eigenvalue weighted by atomic mass is 15.0. The molecule has 0 saturated heterocycles. The second kappa shape index (κ2) is 12.0. The SMILES string of the molecule is c1ccc(-c2ccc3c4ccc(-c5ccc(-c6ccc7cc(-c8ccc9ccccc9c8)ccc7c6)cc5)cc4n(-c4ccccc4)c3c2)cc1. The molecule has 1 aromatic heterocycles. The van der Waals surface area contributed by atoms with E-state index in [1.54, 1.807) is 0 Å². The van der Waals surface area contributed by atoms with Crippen molar-refractivity contribution in [3.63, 3.8) is 0 Å². The molecule has 0 radical (unpaired) electrons. The van der Waals surface area contributed by atoms with E-state index in [2.05, 4.69) is 205 Å². The van der Waals surface area contributed by atoms with Gasteiger partial charge in [-0.25, -0.2) is 0 Å². The molecular formula is C50H33N. The molecule has 0 aliphatic carbocycles. The smallest absolute Gasteiger partial charge is 0.0547 e. The molecule has 0 fully saturated rings. The van der Waals surface area contributed by atoms with Gasteiger partial charge in [0.25, 0.3) is 0 Å². The zero-order valence-corrected chi connectivity index (χ0v) is 28.0. The van der Waals surface area contributed by atoms with Crippen molar-refractivity contribution in [2.24, 2.45) is 0 Å². The fourth-order valence-corrected chi connectivity index (χ4v) is 7.69. The molecular weight excluding hydrogens is 615 g/mol. The highest BCUT2D eigenvalue weighted by Crippen LogP contribution is 2.38. The first-order chi connectivity index (χ1) is 25.2. The molecule has 238 valence electrons. The Bertz CT molecular complexity index is 2880. The monoisotopic (exact) mass is 647 g/mol. The fourth-order valence-electron chi connectivity index (χ4n) is 7.69. The average molecular weight is 648 g/mol. The lowest BCUT2D eigenvalue weighted by Gasteiger charge is -2.10. The number of nitrogens with zero attached hydrogens (tertiary/aromatic N) is 1. The summed E-state index contributed by atoms with van der Waals surface area (Å²) in [5.41, 5.74) is 13.4. The summed E-state index contributed by atoms with van der Waals surface area (Å²) < 4.78 is 2.41. The molecule has 1 heteroatoms. The van der Waals surface area contributed by atoms with E-state index >= 15 is 0 Å². The Balaban J connectivity index is 0.998. The predicted octanol–water partition coefficient (Wildman–Crippen LogP) is 13.8. The molecule has 1 heterocycles. The molecule has 0 bridgehead atoms. The number of benzene rings is 9. The maximum absolute atomic E-state index is 2.41. The lowest BCUT2D eigenvalue weighted by Crippen LogP contribution is -1.93. The minimum Gasteiger partial charge on any atom is -0.309 e. The van der Waals surface area contributed by atoms with Gasteiger partial charge in [0.2, 0.25) is 0 Å². The Morgan fingerprint density at radius 1 is 0.235 bits per heavy atom. The maximum Gasteiger partial charge on any atom is 0.0547 e. The first-order valence-electron chi connectivity index (χ1n) is 17.6. The largest absolute Gasteiger partial charge is 0.309 e. The average Bonchev–Trinajstić information content (AvgIpc) is 3.54. The first-order valence-corrected chi connectivity index (χ1v) is 17.6. The summed E-state index contributed by atoms with van der Waals surface area (Å²) in [6, 6.07) is 73.0. The van der Waals surface area contributed by atoms with E-state index in [1.807, 2.05) is 0 Å². The highest BCUT2D eigenvalue weighted by molar-refractivity contribution is 6.11. The van der Waals surface area contributed by atoms with Gasteiger partial charge in [-0.15, -0.1) is 0 Å². The molecule has 0 amide bonds. The van der Waals surface area contributed by atoms with E-state index in [1.165, 1.54) is 87.9 Å². The van der Waals surface area contributed by atoms with Gasteiger partial charge in [0, 0.05) is 16.5 Å². The first kappa shape index (κ1) is 29.2. The summed E-state index contributed by atoms with van der Waals surface area (Å²) in [6.07, 6.45) is 0. The molecule has 10 aromatic rings. The Hall–Kier alpha value is -6.70. The van der Waals surface area contributed by atoms with Crippen LogP contribution >= 0.6 is 0 Å². The van der Waals surface area contributed by atoms with Crippen molar-refractivity contribution in [1.82, 2.24) is 4.57 Å². The lowest BCUT2D eigenvalue weighted by molar-refractivity contribution is 1.18. The molecule has 10 rings (SSSR count). The Labute approximate surface area is 297 Å². The quantitative estimate of drug-likeness (QED) is 0.175. The van der Waals surface area contributed by atoms with E-state index in [-0.39, 0.29) is 0 Å². The van der Waals surface area contributed by atoms with Gasteiger partial charge < -0.3 is 4.57 Å². The van der Waals surface area contributed by atoms with Crippen LogP contribution in [-0.4, -0.2) is 4.57 Å². The number of rotatable bonds is 5. The topological polar surface area (TPSA) is 4.93 Å². The Morgan fingerprint density at radius 2 is 0.588 bits per heavy atom. The number of fused-ring (bicyclic) bond motifs is 5. The van der Waals surface area contributed by atoms with Gasteiger partial charge in [0.1, 0.15) is 0 Å². The molecule has 9 aromatic carbocycles. The van der Waals surface area contributed by atoms with Crippen LogP contribution < -0.4 is 0 Å². The molecule has 0 spiro atoms. The van der Waals surface area contributed by atoms with Crippen molar-refractivity contribution >= 4 is 43.4 Å². The van der Waals surface area contributed by atoms with Crippen LogP contribution in [0.3, 0.4) is 0 Å². The van der Waals surface area contributed by atoms with Gasteiger partial charge in [-0.05, 0) is 109 Å². The van der Waals surface area contributed by atoms with Crippen molar-refractivity contribution in [1.29, 1.82) is 0 Å². The molecule has 51 heavy (non-hydrogen) atoms. The van der Waals surface area contributed by atoms with Crippen molar-refractivity contribution in [3.05, 3.63) is 200 Å². The number of hydrogen-bond acceptors (Lipinski definition) is 0. The van der Waals surface area contributed by atoms with Crippen molar-refractivity contribution in [3.8, 4) is 50.2 Å². The zero-order chi connectivity index (χ0) is 33.7. The van der Waals surface area contributed by atoms with Crippen LogP contribution in [0.15, 0.2) is 200 Å². The van der Waals surface area contributed by atoms with Crippen LogP contribution in [0.25, 0.3) is 93.5 Å². The van der Waals surface area contributed by atoms with Gasteiger partial charge in [-0.2, -0.15) is 0 Å². The fraction of sp³-hybridized carbons (Fsp3) is 0. The van der Waals surface area contributed by atoms with Gasteiger partial charge in [0.05, 0.1) is 11.0 Å². The molecule has 0 atom stereocenters. The minimum absolute atomic E-state index is 1.16. The van der Waals surface area contributed by atoms with Gasteiger partial charge >= 0.3 is 0 Å². The van der Waals surface area contributed by atoms with Crippen LogP contribution in [0, 0.1) is 0 Å². The van der Waals surface area contributed by atoms with Crippen molar-refractivity contribution in [2.75, 3.05) is 0 Å². The number of aromatic nitrogens is 1. The van der Waals surface area contributed by atoms with E-state index < -0.39 is 0 Å².